The Bertz CT molecular complexity index is 506. The Balaban J connectivity index is 1.95. The number of hydrogen-bond acceptors (Lipinski definition) is 4. The van der Waals surface area contributed by atoms with E-state index in [1.54, 1.807) is 0 Å². The van der Waals surface area contributed by atoms with Crippen molar-refractivity contribution in [1.29, 1.82) is 0 Å². The van der Waals surface area contributed by atoms with Gasteiger partial charge in [-0.05, 0) is 12.1 Å². The topological polar surface area (TPSA) is 78.9 Å². The van der Waals surface area contributed by atoms with Gasteiger partial charge in [-0.2, -0.15) is 0 Å². The zero-order valence-electron chi connectivity index (χ0n) is 12.7. The molecule has 0 unspecified atom stereocenters. The van der Waals surface area contributed by atoms with Gasteiger partial charge in [-0.3, -0.25) is 9.69 Å². The normalized spacial score (nSPS) is 20.3. The summed E-state index contributed by atoms with van der Waals surface area (Å²) in [5, 5.41) is 11.9. The maximum Gasteiger partial charge on any atom is 0.326 e. The minimum atomic E-state index is -1.04. The van der Waals surface area contributed by atoms with Gasteiger partial charge in [-0.25, -0.2) is 4.79 Å². The number of amides is 1. The molecule has 0 spiro atoms. The molecule has 0 aliphatic carbocycles. The van der Waals surface area contributed by atoms with Crippen LogP contribution in [0.5, 0.6) is 0 Å². The van der Waals surface area contributed by atoms with E-state index in [0.29, 0.717) is 13.2 Å². The first-order chi connectivity index (χ1) is 10.6. The van der Waals surface area contributed by atoms with Gasteiger partial charge in [0, 0.05) is 19.5 Å². The van der Waals surface area contributed by atoms with E-state index < -0.39 is 18.1 Å². The highest BCUT2D eigenvalue weighted by atomic mass is 16.5. The quantitative estimate of drug-likeness (QED) is 0.801. The molecule has 120 valence electrons. The number of carbonyl (C=O) groups is 2. The van der Waals surface area contributed by atoms with Gasteiger partial charge in [0.25, 0.3) is 5.91 Å². The van der Waals surface area contributed by atoms with Crippen molar-refractivity contribution in [3.05, 3.63) is 35.9 Å². The number of nitrogens with one attached hydrogen (secondary N) is 1. The highest BCUT2D eigenvalue weighted by Crippen LogP contribution is 2.07. The fraction of sp³-hybridized carbons (Fsp3) is 0.500. The first-order valence-electron chi connectivity index (χ1n) is 7.51. The summed E-state index contributed by atoms with van der Waals surface area (Å²) in [7, 11) is 0. The van der Waals surface area contributed by atoms with Crippen LogP contribution >= 0.6 is 0 Å². The van der Waals surface area contributed by atoms with Crippen molar-refractivity contribution >= 4 is 11.9 Å². The second kappa shape index (κ2) is 7.91. The summed E-state index contributed by atoms with van der Waals surface area (Å²) in [6.07, 6.45) is -0.349. The Morgan fingerprint density at radius 2 is 2.14 bits per heavy atom. The molecule has 1 aromatic rings. The van der Waals surface area contributed by atoms with Crippen LogP contribution in [-0.2, 0) is 20.7 Å². The SMILES string of the molecule is CCN1CCO[C@H](C(=O)N[C@@H](Cc2ccccc2)C(=O)O)C1. The zero-order valence-corrected chi connectivity index (χ0v) is 12.7. The molecule has 1 aliphatic rings. The van der Waals surface area contributed by atoms with Gasteiger partial charge in [-0.15, -0.1) is 0 Å². The van der Waals surface area contributed by atoms with E-state index in [9.17, 15) is 14.7 Å². The molecule has 2 atom stereocenters. The van der Waals surface area contributed by atoms with E-state index in [1.165, 1.54) is 0 Å². The molecular weight excluding hydrogens is 284 g/mol. The standard InChI is InChI=1S/C16H22N2O4/c1-2-18-8-9-22-14(11-18)15(19)17-13(16(20)21)10-12-6-4-3-5-7-12/h3-7,13-14H,2,8-11H2,1H3,(H,17,19)(H,20,21)/t13-,14-/m0/s1. The zero-order chi connectivity index (χ0) is 15.9. The lowest BCUT2D eigenvalue weighted by Gasteiger charge is -2.31. The summed E-state index contributed by atoms with van der Waals surface area (Å²) in [4.78, 5) is 25.7. The summed E-state index contributed by atoms with van der Waals surface area (Å²) in [5.41, 5.74) is 0.870. The van der Waals surface area contributed by atoms with Gasteiger partial charge in [0.2, 0.25) is 0 Å². The highest BCUT2D eigenvalue weighted by Gasteiger charge is 2.29. The maximum atomic E-state index is 12.2. The summed E-state index contributed by atoms with van der Waals surface area (Å²) in [6.45, 7) is 4.66. The molecule has 1 fully saturated rings. The van der Waals surface area contributed by atoms with Crippen LogP contribution in [0.2, 0.25) is 0 Å². The van der Waals surface area contributed by atoms with Crippen molar-refractivity contribution in [3.63, 3.8) is 0 Å². The van der Waals surface area contributed by atoms with Crippen molar-refractivity contribution in [3.8, 4) is 0 Å². The number of morpholine rings is 1. The monoisotopic (exact) mass is 306 g/mol. The minimum Gasteiger partial charge on any atom is -0.480 e. The average Bonchev–Trinajstić information content (AvgIpc) is 2.55. The van der Waals surface area contributed by atoms with Crippen LogP contribution in [0.25, 0.3) is 0 Å². The van der Waals surface area contributed by atoms with Crippen LogP contribution in [0, 0.1) is 0 Å². The van der Waals surface area contributed by atoms with Crippen LogP contribution < -0.4 is 5.32 Å². The van der Waals surface area contributed by atoms with E-state index >= 15 is 0 Å². The Kier molecular flexibility index (Phi) is 5.91. The lowest BCUT2D eigenvalue weighted by molar-refractivity contribution is -0.146. The molecule has 1 heterocycles. The second-order valence-electron chi connectivity index (χ2n) is 5.34. The fourth-order valence-corrected chi connectivity index (χ4v) is 2.46. The summed E-state index contributed by atoms with van der Waals surface area (Å²) in [6, 6.07) is 8.30. The molecule has 6 nitrogen and oxygen atoms in total. The number of ether oxygens (including phenoxy) is 1. The van der Waals surface area contributed by atoms with E-state index in [-0.39, 0.29) is 12.3 Å². The first kappa shape index (κ1) is 16.5. The Labute approximate surface area is 130 Å². The smallest absolute Gasteiger partial charge is 0.326 e. The number of hydrogen-bond donors (Lipinski definition) is 2. The third kappa shape index (κ3) is 4.54. The van der Waals surface area contributed by atoms with Gasteiger partial charge < -0.3 is 15.2 Å². The molecule has 0 saturated carbocycles. The van der Waals surface area contributed by atoms with Gasteiger partial charge >= 0.3 is 5.97 Å². The number of aliphatic carboxylic acids is 1. The molecule has 22 heavy (non-hydrogen) atoms. The van der Waals surface area contributed by atoms with E-state index in [0.717, 1.165) is 18.7 Å². The third-order valence-corrected chi connectivity index (χ3v) is 3.79. The number of carboxylic acids is 1. The molecule has 0 bridgehead atoms. The van der Waals surface area contributed by atoms with E-state index in [2.05, 4.69) is 10.2 Å². The van der Waals surface area contributed by atoms with Crippen molar-refractivity contribution in [1.82, 2.24) is 10.2 Å². The van der Waals surface area contributed by atoms with Gasteiger partial charge in [0.15, 0.2) is 0 Å². The van der Waals surface area contributed by atoms with Crippen LogP contribution in [0.1, 0.15) is 12.5 Å². The molecule has 2 N–H and O–H groups in total. The molecule has 1 aromatic carbocycles. The van der Waals surface area contributed by atoms with Crippen molar-refractivity contribution in [2.45, 2.75) is 25.5 Å². The number of carbonyl (C=O) groups excluding carboxylic acids is 1. The number of rotatable bonds is 6. The van der Waals surface area contributed by atoms with Crippen molar-refractivity contribution in [2.24, 2.45) is 0 Å². The average molecular weight is 306 g/mol. The fourth-order valence-electron chi connectivity index (χ4n) is 2.46. The third-order valence-electron chi connectivity index (χ3n) is 3.79. The first-order valence-corrected chi connectivity index (χ1v) is 7.51. The molecular formula is C16H22N2O4. The van der Waals surface area contributed by atoms with Crippen LogP contribution in [-0.4, -0.2) is 60.3 Å². The van der Waals surface area contributed by atoms with Crippen LogP contribution in [0.3, 0.4) is 0 Å². The Morgan fingerprint density at radius 1 is 1.41 bits per heavy atom. The summed E-state index contributed by atoms with van der Waals surface area (Å²) in [5.74, 6) is -1.40. The molecule has 0 aromatic heterocycles. The van der Waals surface area contributed by atoms with E-state index in [4.69, 9.17) is 4.74 Å². The van der Waals surface area contributed by atoms with Crippen molar-refractivity contribution < 1.29 is 19.4 Å². The lowest BCUT2D eigenvalue weighted by Crippen LogP contribution is -2.53. The molecule has 6 heteroatoms. The molecule has 2 rings (SSSR count). The van der Waals surface area contributed by atoms with Gasteiger partial charge in [0.05, 0.1) is 6.61 Å². The molecule has 1 amide bonds. The van der Waals surface area contributed by atoms with Gasteiger partial charge in [0.1, 0.15) is 12.1 Å². The maximum absolute atomic E-state index is 12.2. The van der Waals surface area contributed by atoms with Gasteiger partial charge in [-0.1, -0.05) is 37.3 Å². The lowest BCUT2D eigenvalue weighted by atomic mass is 10.1. The molecule has 1 aliphatic heterocycles. The predicted octanol–water partition coefficient (Wildman–Crippen LogP) is 0.519. The Morgan fingerprint density at radius 3 is 2.77 bits per heavy atom. The second-order valence-corrected chi connectivity index (χ2v) is 5.34. The van der Waals surface area contributed by atoms with Crippen LogP contribution in [0.4, 0.5) is 0 Å². The predicted molar refractivity (Wildman–Crippen MR) is 81.6 cm³/mol. The largest absolute Gasteiger partial charge is 0.480 e. The highest BCUT2D eigenvalue weighted by molar-refractivity contribution is 5.86. The number of carboxylic acid groups (broad SMARTS) is 1. The van der Waals surface area contributed by atoms with Crippen molar-refractivity contribution in [2.75, 3.05) is 26.2 Å². The molecule has 1 saturated heterocycles. The van der Waals surface area contributed by atoms with E-state index in [1.807, 2.05) is 37.3 Å². The molecule has 0 radical (unpaired) electrons. The van der Waals surface area contributed by atoms with Crippen LogP contribution in [0.15, 0.2) is 30.3 Å². The number of nitrogens with zero attached hydrogens (tertiary/aromatic N) is 1. The summed E-state index contributed by atoms with van der Waals surface area (Å²) < 4.78 is 5.46. The Hall–Kier alpha value is -1.92. The summed E-state index contributed by atoms with van der Waals surface area (Å²) >= 11 is 0. The number of benzene rings is 1. The number of likely N-dealkylation sites (N-methyl/N-ethyl adjacent to an activating group) is 1. The minimum absolute atomic E-state index is 0.256.